The Morgan fingerprint density at radius 3 is 2.13 bits per heavy atom. The lowest BCUT2D eigenvalue weighted by Crippen LogP contribution is -2.47. The van der Waals surface area contributed by atoms with Crippen LogP contribution in [0.15, 0.2) is 54.2 Å². The van der Waals surface area contributed by atoms with Crippen LogP contribution in [0.25, 0.3) is 5.57 Å². The molecule has 0 aliphatic carbocycles. The van der Waals surface area contributed by atoms with Crippen molar-refractivity contribution < 1.29 is 19.1 Å². The van der Waals surface area contributed by atoms with Gasteiger partial charge in [0.25, 0.3) is 11.8 Å². The predicted octanol–water partition coefficient (Wildman–Crippen LogP) is 3.79. The Bertz CT molecular complexity index is 1000. The van der Waals surface area contributed by atoms with Gasteiger partial charge in [-0.2, -0.15) is 0 Å². The minimum absolute atomic E-state index is 0.0297. The molecule has 1 fully saturated rings. The molecule has 162 valence electrons. The van der Waals surface area contributed by atoms with Gasteiger partial charge in [-0.15, -0.1) is 0 Å². The molecule has 2 aromatic carbocycles. The van der Waals surface area contributed by atoms with Crippen LogP contribution in [0, 0.1) is 6.92 Å². The van der Waals surface area contributed by atoms with E-state index in [1.54, 1.807) is 24.3 Å². The number of hydrogen-bond donors (Lipinski definition) is 0. The predicted molar refractivity (Wildman–Crippen MR) is 120 cm³/mol. The molecule has 2 aliphatic heterocycles. The van der Waals surface area contributed by atoms with Gasteiger partial charge in [-0.3, -0.25) is 9.59 Å². The Balaban J connectivity index is 1.77. The highest BCUT2D eigenvalue weighted by molar-refractivity contribution is 6.45. The molecular weight excluding hydrogens is 392 g/mol. The molecule has 0 bridgehead atoms. The van der Waals surface area contributed by atoms with E-state index in [0.29, 0.717) is 42.4 Å². The first-order chi connectivity index (χ1) is 14.9. The summed E-state index contributed by atoms with van der Waals surface area (Å²) in [6.45, 7) is 9.56. The van der Waals surface area contributed by atoms with Crippen LogP contribution in [0.1, 0.15) is 31.9 Å². The number of rotatable bonds is 5. The Morgan fingerprint density at radius 2 is 1.55 bits per heavy atom. The van der Waals surface area contributed by atoms with Crippen LogP contribution in [-0.4, -0.2) is 48.6 Å². The molecular formula is C25H28N2O4. The van der Waals surface area contributed by atoms with E-state index in [2.05, 4.69) is 0 Å². The Kier molecular flexibility index (Phi) is 5.83. The summed E-state index contributed by atoms with van der Waals surface area (Å²) in [6.07, 6.45) is -0.0594. The third-order valence-electron chi connectivity index (χ3n) is 5.54. The zero-order chi connectivity index (χ0) is 22.1. The van der Waals surface area contributed by atoms with Crippen molar-refractivity contribution in [3.8, 4) is 5.75 Å². The maximum absolute atomic E-state index is 13.6. The van der Waals surface area contributed by atoms with Crippen LogP contribution in [0.2, 0.25) is 0 Å². The van der Waals surface area contributed by atoms with Crippen LogP contribution in [-0.2, 0) is 14.3 Å². The average Bonchev–Trinajstić information content (AvgIpc) is 2.99. The zero-order valence-corrected chi connectivity index (χ0v) is 18.4. The highest BCUT2D eigenvalue weighted by Crippen LogP contribution is 2.36. The summed E-state index contributed by atoms with van der Waals surface area (Å²) in [6, 6.07) is 14.8. The summed E-state index contributed by atoms with van der Waals surface area (Å²) >= 11 is 0. The minimum atomic E-state index is -0.306. The SMILES string of the molecule is CCOc1ccc(N2C(=O)C(c3ccc(C)cc3)=C(N3CC(C)OC(C)C3)C2=O)cc1. The van der Waals surface area contributed by atoms with E-state index in [1.165, 1.54) is 4.90 Å². The summed E-state index contributed by atoms with van der Waals surface area (Å²) < 4.78 is 11.4. The molecule has 0 saturated carbocycles. The third kappa shape index (κ3) is 4.08. The molecule has 0 N–H and O–H groups in total. The topological polar surface area (TPSA) is 59.1 Å². The number of aryl methyl sites for hydroxylation is 1. The molecule has 0 radical (unpaired) electrons. The van der Waals surface area contributed by atoms with Crippen molar-refractivity contribution in [1.82, 2.24) is 4.90 Å². The van der Waals surface area contributed by atoms with Crippen molar-refractivity contribution in [2.75, 3.05) is 24.6 Å². The summed E-state index contributed by atoms with van der Waals surface area (Å²) in [5.41, 5.74) is 3.27. The molecule has 4 rings (SSSR count). The largest absolute Gasteiger partial charge is 0.494 e. The van der Waals surface area contributed by atoms with E-state index < -0.39 is 0 Å². The van der Waals surface area contributed by atoms with E-state index >= 15 is 0 Å². The summed E-state index contributed by atoms with van der Waals surface area (Å²) in [4.78, 5) is 30.5. The smallest absolute Gasteiger partial charge is 0.282 e. The van der Waals surface area contributed by atoms with Gasteiger partial charge in [0.2, 0.25) is 0 Å². The molecule has 2 heterocycles. The Hall–Kier alpha value is -3.12. The summed E-state index contributed by atoms with van der Waals surface area (Å²) in [5, 5.41) is 0. The number of carbonyl (C=O) groups is 2. The van der Waals surface area contributed by atoms with E-state index in [1.807, 2.05) is 56.9 Å². The van der Waals surface area contributed by atoms with Gasteiger partial charge in [-0.25, -0.2) is 4.90 Å². The van der Waals surface area contributed by atoms with Gasteiger partial charge >= 0.3 is 0 Å². The van der Waals surface area contributed by atoms with Crippen LogP contribution >= 0.6 is 0 Å². The lowest BCUT2D eigenvalue weighted by atomic mass is 10.0. The fraction of sp³-hybridized carbons (Fsp3) is 0.360. The van der Waals surface area contributed by atoms with E-state index in [9.17, 15) is 9.59 Å². The van der Waals surface area contributed by atoms with Crippen molar-refractivity contribution in [1.29, 1.82) is 0 Å². The van der Waals surface area contributed by atoms with Gasteiger partial charge in [-0.05, 0) is 57.5 Å². The molecule has 31 heavy (non-hydrogen) atoms. The number of amides is 2. The molecule has 6 nitrogen and oxygen atoms in total. The normalized spacial score (nSPS) is 21.8. The number of ether oxygens (including phenoxy) is 2. The average molecular weight is 421 g/mol. The lowest BCUT2D eigenvalue weighted by molar-refractivity contribution is -0.121. The second-order valence-corrected chi connectivity index (χ2v) is 8.12. The molecule has 0 spiro atoms. The molecule has 6 heteroatoms. The van der Waals surface area contributed by atoms with Gasteiger partial charge in [0.1, 0.15) is 11.4 Å². The van der Waals surface area contributed by atoms with Crippen molar-refractivity contribution in [3.63, 3.8) is 0 Å². The van der Waals surface area contributed by atoms with Crippen molar-refractivity contribution >= 4 is 23.1 Å². The van der Waals surface area contributed by atoms with Crippen molar-refractivity contribution in [3.05, 3.63) is 65.4 Å². The molecule has 2 atom stereocenters. The van der Waals surface area contributed by atoms with E-state index in [-0.39, 0.29) is 24.0 Å². The highest BCUT2D eigenvalue weighted by atomic mass is 16.5. The fourth-order valence-electron chi connectivity index (χ4n) is 4.25. The number of anilines is 1. The van der Waals surface area contributed by atoms with Crippen LogP contribution in [0.3, 0.4) is 0 Å². The first-order valence-corrected chi connectivity index (χ1v) is 10.7. The maximum atomic E-state index is 13.6. The molecule has 2 aromatic rings. The van der Waals surface area contributed by atoms with Crippen molar-refractivity contribution in [2.24, 2.45) is 0 Å². The lowest BCUT2D eigenvalue weighted by Gasteiger charge is -2.37. The number of carbonyl (C=O) groups excluding carboxylic acids is 2. The van der Waals surface area contributed by atoms with Crippen molar-refractivity contribution in [2.45, 2.75) is 39.9 Å². The first-order valence-electron chi connectivity index (χ1n) is 10.7. The zero-order valence-electron chi connectivity index (χ0n) is 18.4. The van der Waals surface area contributed by atoms with Gasteiger partial charge in [0, 0.05) is 13.1 Å². The molecule has 2 aliphatic rings. The fourth-order valence-corrected chi connectivity index (χ4v) is 4.25. The quantitative estimate of drug-likeness (QED) is 0.689. The number of morpholine rings is 1. The van der Waals surface area contributed by atoms with Crippen LogP contribution in [0.5, 0.6) is 5.75 Å². The summed E-state index contributed by atoms with van der Waals surface area (Å²) in [7, 11) is 0. The number of benzene rings is 2. The monoisotopic (exact) mass is 420 g/mol. The van der Waals surface area contributed by atoms with Crippen LogP contribution < -0.4 is 9.64 Å². The number of imide groups is 1. The van der Waals surface area contributed by atoms with Gasteiger partial charge in [0.05, 0.1) is 30.1 Å². The molecule has 2 unspecified atom stereocenters. The number of hydrogen-bond acceptors (Lipinski definition) is 5. The molecule has 1 saturated heterocycles. The number of nitrogens with zero attached hydrogens (tertiary/aromatic N) is 2. The second-order valence-electron chi connectivity index (χ2n) is 8.12. The first kappa shape index (κ1) is 21.1. The minimum Gasteiger partial charge on any atom is -0.494 e. The highest BCUT2D eigenvalue weighted by Gasteiger charge is 2.43. The standard InChI is InChI=1S/C25H28N2O4/c1-5-30-21-12-10-20(11-13-21)27-24(28)22(19-8-6-16(2)7-9-19)23(25(27)29)26-14-17(3)31-18(4)15-26/h6-13,17-18H,5,14-15H2,1-4H3. The summed E-state index contributed by atoms with van der Waals surface area (Å²) in [5.74, 6) is 0.0963. The molecule has 2 amide bonds. The Labute approximate surface area is 183 Å². The van der Waals surface area contributed by atoms with E-state index in [4.69, 9.17) is 9.47 Å². The second kappa shape index (κ2) is 8.55. The van der Waals surface area contributed by atoms with Crippen LogP contribution in [0.4, 0.5) is 5.69 Å². The van der Waals surface area contributed by atoms with E-state index in [0.717, 1.165) is 11.1 Å². The van der Waals surface area contributed by atoms with Gasteiger partial charge in [-0.1, -0.05) is 29.8 Å². The molecule has 0 aromatic heterocycles. The van der Waals surface area contributed by atoms with Gasteiger partial charge in [0.15, 0.2) is 0 Å². The Morgan fingerprint density at radius 1 is 0.935 bits per heavy atom. The maximum Gasteiger partial charge on any atom is 0.282 e. The third-order valence-corrected chi connectivity index (χ3v) is 5.54. The van der Waals surface area contributed by atoms with Gasteiger partial charge < -0.3 is 14.4 Å².